The fraction of sp³-hybridized carbons (Fsp3) is 0.364. The number of carbonyl (C=O) groups is 2. The van der Waals surface area contributed by atoms with Crippen LogP contribution in [0, 0.1) is 0 Å². The topological polar surface area (TPSA) is 43.4 Å². The van der Waals surface area contributed by atoms with Gasteiger partial charge in [0.1, 0.15) is 17.6 Å². The molecule has 1 saturated heterocycles. The maximum atomic E-state index is 13.0. The van der Waals surface area contributed by atoms with Gasteiger partial charge >= 0.3 is 0 Å². The molecule has 0 amide bonds. The van der Waals surface area contributed by atoms with Crippen LogP contribution < -0.4 is 0 Å². The third kappa shape index (κ3) is 3.69. The van der Waals surface area contributed by atoms with Crippen molar-refractivity contribution in [2.45, 2.75) is 51.7 Å². The molecular formula is C22H22Cl2O3. The third-order valence-corrected chi connectivity index (χ3v) is 5.64. The van der Waals surface area contributed by atoms with Gasteiger partial charge in [-0.2, -0.15) is 0 Å². The average Bonchev–Trinajstić information content (AvgIpc) is 2.60. The van der Waals surface area contributed by atoms with Crippen molar-refractivity contribution in [2.24, 2.45) is 0 Å². The van der Waals surface area contributed by atoms with Gasteiger partial charge in [-0.15, -0.1) is 0 Å². The second-order valence-electron chi connectivity index (χ2n) is 7.36. The van der Waals surface area contributed by atoms with Crippen molar-refractivity contribution in [1.82, 2.24) is 0 Å². The minimum Gasteiger partial charge on any atom is -0.357 e. The lowest BCUT2D eigenvalue weighted by molar-refractivity contribution is -0.168. The Morgan fingerprint density at radius 2 is 1.78 bits per heavy atom. The summed E-state index contributed by atoms with van der Waals surface area (Å²) in [7, 11) is 0. The molecule has 0 saturated carbocycles. The Labute approximate surface area is 169 Å². The van der Waals surface area contributed by atoms with E-state index in [4.69, 9.17) is 27.9 Å². The lowest BCUT2D eigenvalue weighted by Crippen LogP contribution is -2.52. The highest BCUT2D eigenvalue weighted by Gasteiger charge is 2.48. The van der Waals surface area contributed by atoms with E-state index >= 15 is 0 Å². The summed E-state index contributed by atoms with van der Waals surface area (Å²) in [5.41, 5.74) is 2.36. The minimum atomic E-state index is -1.00. The van der Waals surface area contributed by atoms with Crippen LogP contribution in [0.25, 0.3) is 11.1 Å². The maximum Gasteiger partial charge on any atom is 0.179 e. The zero-order valence-corrected chi connectivity index (χ0v) is 17.3. The molecule has 1 aliphatic heterocycles. The first-order valence-corrected chi connectivity index (χ1v) is 9.75. The lowest BCUT2D eigenvalue weighted by atomic mass is 9.76. The van der Waals surface area contributed by atoms with Gasteiger partial charge < -0.3 is 4.74 Å². The molecular weight excluding hydrogens is 383 g/mol. The summed E-state index contributed by atoms with van der Waals surface area (Å²) < 4.78 is 5.64. The highest BCUT2D eigenvalue weighted by Crippen LogP contribution is 2.38. The van der Waals surface area contributed by atoms with Crippen LogP contribution in [0.3, 0.4) is 0 Å². The predicted octanol–water partition coefficient (Wildman–Crippen LogP) is 5.64. The first-order chi connectivity index (χ1) is 12.7. The summed E-state index contributed by atoms with van der Waals surface area (Å²) in [6.45, 7) is 7.15. The third-order valence-electron chi connectivity index (χ3n) is 5.09. The molecule has 0 bridgehead atoms. The summed E-state index contributed by atoms with van der Waals surface area (Å²) in [6, 6.07) is 11.1. The van der Waals surface area contributed by atoms with E-state index in [0.717, 1.165) is 28.7 Å². The molecule has 1 heterocycles. The van der Waals surface area contributed by atoms with Gasteiger partial charge in [-0.25, -0.2) is 0 Å². The normalized spacial score (nSPS) is 22.1. The number of ether oxygens (including phenoxy) is 1. The number of ketones is 2. The second-order valence-corrected chi connectivity index (χ2v) is 8.20. The molecule has 142 valence electrons. The van der Waals surface area contributed by atoms with E-state index in [9.17, 15) is 9.59 Å². The molecule has 2 unspecified atom stereocenters. The number of aryl methyl sites for hydroxylation is 1. The van der Waals surface area contributed by atoms with Crippen LogP contribution in [-0.2, 0) is 20.7 Å². The first kappa shape index (κ1) is 20.1. The molecule has 1 aliphatic rings. The number of halogens is 2. The highest BCUT2D eigenvalue weighted by molar-refractivity contribution is 6.36. The smallest absolute Gasteiger partial charge is 0.179 e. The summed E-state index contributed by atoms with van der Waals surface area (Å²) in [6.07, 6.45) is 0.0895. The Morgan fingerprint density at radius 1 is 1.07 bits per heavy atom. The Bertz CT molecular complexity index is 918. The van der Waals surface area contributed by atoms with E-state index in [2.05, 4.69) is 0 Å². The summed E-state index contributed by atoms with van der Waals surface area (Å²) in [4.78, 5) is 25.9. The maximum absolute atomic E-state index is 13.0. The fourth-order valence-corrected chi connectivity index (χ4v) is 4.16. The molecule has 2 atom stereocenters. The van der Waals surface area contributed by atoms with Crippen molar-refractivity contribution in [3.05, 3.63) is 57.6 Å². The van der Waals surface area contributed by atoms with Crippen LogP contribution in [0.1, 0.15) is 44.7 Å². The number of carbonyl (C=O) groups excluding carboxylic acids is 2. The van der Waals surface area contributed by atoms with E-state index in [1.165, 1.54) is 0 Å². The van der Waals surface area contributed by atoms with Crippen LogP contribution >= 0.6 is 23.2 Å². The molecule has 0 radical (unpaired) electrons. The Kier molecular flexibility index (Phi) is 5.49. The van der Waals surface area contributed by atoms with Crippen LogP contribution in [0.4, 0.5) is 0 Å². The lowest BCUT2D eigenvalue weighted by Gasteiger charge is -2.37. The number of hydrogen-bond acceptors (Lipinski definition) is 3. The first-order valence-electron chi connectivity index (χ1n) is 8.99. The van der Waals surface area contributed by atoms with Crippen LogP contribution in [0.5, 0.6) is 0 Å². The number of Topliss-reactive ketones (excluding diaryl/α,β-unsaturated/α-hetero) is 2. The molecule has 0 aliphatic carbocycles. The quantitative estimate of drug-likeness (QED) is 0.621. The van der Waals surface area contributed by atoms with Crippen molar-refractivity contribution in [3.8, 4) is 11.1 Å². The number of rotatable bonds is 3. The summed E-state index contributed by atoms with van der Waals surface area (Å²) >= 11 is 12.4. The SMILES string of the molecule is CCc1ccc(-c2ccc(Cl)cc2Cl)cc1C1C(=O)C(C)OC(C)(C)C1=O. The van der Waals surface area contributed by atoms with Gasteiger partial charge in [-0.1, -0.05) is 48.3 Å². The Balaban J connectivity index is 2.16. The van der Waals surface area contributed by atoms with E-state index in [-0.39, 0.29) is 11.6 Å². The summed E-state index contributed by atoms with van der Waals surface area (Å²) in [5.74, 6) is -1.24. The minimum absolute atomic E-state index is 0.201. The van der Waals surface area contributed by atoms with Crippen molar-refractivity contribution < 1.29 is 14.3 Å². The molecule has 2 aromatic carbocycles. The van der Waals surface area contributed by atoms with Gasteiger partial charge in [0, 0.05) is 15.6 Å². The van der Waals surface area contributed by atoms with Gasteiger partial charge in [0.15, 0.2) is 11.6 Å². The van der Waals surface area contributed by atoms with E-state index in [0.29, 0.717) is 10.0 Å². The molecule has 0 aromatic heterocycles. The van der Waals surface area contributed by atoms with Gasteiger partial charge in [0.25, 0.3) is 0 Å². The average molecular weight is 405 g/mol. The summed E-state index contributed by atoms with van der Waals surface area (Å²) in [5, 5.41) is 1.08. The molecule has 3 nitrogen and oxygen atoms in total. The molecule has 5 heteroatoms. The monoisotopic (exact) mass is 404 g/mol. The van der Waals surface area contributed by atoms with Crippen molar-refractivity contribution in [2.75, 3.05) is 0 Å². The van der Waals surface area contributed by atoms with Gasteiger partial charge in [0.05, 0.1) is 0 Å². The van der Waals surface area contributed by atoms with E-state index in [1.807, 2.05) is 31.2 Å². The second kappa shape index (κ2) is 7.38. The predicted molar refractivity (Wildman–Crippen MR) is 109 cm³/mol. The largest absolute Gasteiger partial charge is 0.357 e. The zero-order chi connectivity index (χ0) is 19.9. The standard InChI is InChI=1S/C22H22Cl2O3/c1-5-13-6-7-14(16-9-8-15(23)11-18(16)24)10-17(13)19-20(25)12(2)27-22(3,4)21(19)26/h6-12,19H,5H2,1-4H3. The van der Waals surface area contributed by atoms with Crippen molar-refractivity contribution in [1.29, 1.82) is 0 Å². The van der Waals surface area contributed by atoms with Gasteiger partial charge in [-0.05, 0) is 62.1 Å². The van der Waals surface area contributed by atoms with E-state index in [1.54, 1.807) is 32.9 Å². The molecule has 2 aromatic rings. The van der Waals surface area contributed by atoms with Crippen LogP contribution in [-0.4, -0.2) is 23.3 Å². The Morgan fingerprint density at radius 3 is 2.41 bits per heavy atom. The molecule has 0 spiro atoms. The zero-order valence-electron chi connectivity index (χ0n) is 15.8. The van der Waals surface area contributed by atoms with Gasteiger partial charge in [0.2, 0.25) is 0 Å². The molecule has 1 fully saturated rings. The Hall–Kier alpha value is -1.68. The number of benzene rings is 2. The van der Waals surface area contributed by atoms with Crippen LogP contribution in [0.15, 0.2) is 36.4 Å². The van der Waals surface area contributed by atoms with E-state index < -0.39 is 17.6 Å². The van der Waals surface area contributed by atoms with Crippen molar-refractivity contribution in [3.63, 3.8) is 0 Å². The fourth-order valence-electron chi connectivity index (χ4n) is 3.64. The molecule has 3 rings (SSSR count). The highest BCUT2D eigenvalue weighted by atomic mass is 35.5. The number of hydrogen-bond donors (Lipinski definition) is 0. The van der Waals surface area contributed by atoms with Gasteiger partial charge in [-0.3, -0.25) is 9.59 Å². The molecule has 27 heavy (non-hydrogen) atoms. The molecule has 0 N–H and O–H groups in total. The van der Waals surface area contributed by atoms with Crippen LogP contribution in [0.2, 0.25) is 10.0 Å². The van der Waals surface area contributed by atoms with Crippen molar-refractivity contribution >= 4 is 34.8 Å².